The van der Waals surface area contributed by atoms with Crippen LogP contribution in [0.5, 0.6) is 0 Å². The number of benzene rings is 2. The number of carbonyl (C=O) groups is 1. The molecule has 3 aromatic rings. The number of rotatable bonds is 5. The summed E-state index contributed by atoms with van der Waals surface area (Å²) in [5.74, 6) is -0.760. The summed E-state index contributed by atoms with van der Waals surface area (Å²) in [5, 5.41) is 6.88. The molecule has 0 atom stereocenters. The van der Waals surface area contributed by atoms with Crippen LogP contribution >= 0.6 is 0 Å². The molecule has 134 valence electrons. The van der Waals surface area contributed by atoms with Gasteiger partial charge in [0.15, 0.2) is 5.82 Å². The zero-order chi connectivity index (χ0) is 18.7. The van der Waals surface area contributed by atoms with Gasteiger partial charge in [-0.25, -0.2) is 18.3 Å². The molecule has 0 aliphatic heterocycles. The first-order valence-corrected chi connectivity index (χ1v) is 7.89. The lowest BCUT2D eigenvalue weighted by molar-refractivity contribution is 0.0951. The Bertz CT molecular complexity index is 976. The van der Waals surface area contributed by atoms with Crippen molar-refractivity contribution in [3.63, 3.8) is 0 Å². The van der Waals surface area contributed by atoms with Crippen molar-refractivity contribution in [3.8, 4) is 11.4 Å². The van der Waals surface area contributed by atoms with Crippen molar-refractivity contribution < 1.29 is 13.6 Å². The molecule has 0 radical (unpaired) electrons. The average molecular weight is 358 g/mol. The van der Waals surface area contributed by atoms with Crippen LogP contribution in [0.3, 0.4) is 0 Å². The Morgan fingerprint density at radius 2 is 1.62 bits per heavy atom. The van der Waals surface area contributed by atoms with Gasteiger partial charge in [0.05, 0.1) is 6.54 Å². The molecule has 1 N–H and O–H groups in total. The molecule has 0 fully saturated rings. The summed E-state index contributed by atoms with van der Waals surface area (Å²) >= 11 is 0. The van der Waals surface area contributed by atoms with E-state index >= 15 is 0 Å². The normalized spacial score (nSPS) is 10.7. The summed E-state index contributed by atoms with van der Waals surface area (Å²) in [5.41, 5.74) is 0.590. The predicted octanol–water partition coefficient (Wildman–Crippen LogP) is 1.96. The summed E-state index contributed by atoms with van der Waals surface area (Å²) in [7, 11) is 1.57. The maximum atomic E-state index is 13.0. The summed E-state index contributed by atoms with van der Waals surface area (Å²) < 4.78 is 28.5. The summed E-state index contributed by atoms with van der Waals surface area (Å²) in [6, 6.07) is 10.8. The Morgan fingerprint density at radius 3 is 2.23 bits per heavy atom. The first-order valence-electron chi connectivity index (χ1n) is 7.89. The van der Waals surface area contributed by atoms with Crippen LogP contribution in [0.25, 0.3) is 11.4 Å². The van der Waals surface area contributed by atoms with E-state index in [4.69, 9.17) is 0 Å². The molecule has 0 aliphatic rings. The van der Waals surface area contributed by atoms with Gasteiger partial charge < -0.3 is 5.32 Å². The predicted molar refractivity (Wildman–Crippen MR) is 91.6 cm³/mol. The molecule has 0 saturated heterocycles. The number of amides is 1. The van der Waals surface area contributed by atoms with E-state index < -0.39 is 5.82 Å². The molecular weight excluding hydrogens is 342 g/mol. The van der Waals surface area contributed by atoms with Gasteiger partial charge >= 0.3 is 5.69 Å². The molecule has 0 spiro atoms. The fraction of sp³-hybridized carbons (Fsp3) is 0.167. The first-order chi connectivity index (χ1) is 12.5. The highest BCUT2D eigenvalue weighted by molar-refractivity contribution is 5.94. The van der Waals surface area contributed by atoms with Crippen LogP contribution < -0.4 is 11.0 Å². The molecule has 0 unspecified atom stereocenters. The maximum Gasteiger partial charge on any atom is 0.345 e. The Morgan fingerprint density at radius 1 is 1.04 bits per heavy atom. The Balaban J connectivity index is 1.68. The van der Waals surface area contributed by atoms with E-state index in [9.17, 15) is 18.4 Å². The molecule has 26 heavy (non-hydrogen) atoms. The zero-order valence-corrected chi connectivity index (χ0v) is 13.9. The third kappa shape index (κ3) is 3.69. The van der Waals surface area contributed by atoms with Crippen LogP contribution in [-0.4, -0.2) is 26.8 Å². The van der Waals surface area contributed by atoms with E-state index in [2.05, 4.69) is 10.4 Å². The summed E-state index contributed by atoms with van der Waals surface area (Å²) in [6.45, 7) is 0.344. The molecule has 8 heteroatoms. The Kier molecular flexibility index (Phi) is 4.92. The van der Waals surface area contributed by atoms with Gasteiger partial charge in [0, 0.05) is 24.7 Å². The molecule has 0 bridgehead atoms. The van der Waals surface area contributed by atoms with Gasteiger partial charge in [-0.05, 0) is 48.5 Å². The van der Waals surface area contributed by atoms with Gasteiger partial charge in [-0.3, -0.25) is 9.36 Å². The molecule has 1 amide bonds. The molecule has 0 aliphatic carbocycles. The summed E-state index contributed by atoms with van der Waals surface area (Å²) in [6.07, 6.45) is 0. The molecule has 6 nitrogen and oxygen atoms in total. The minimum atomic E-state index is -0.421. The Hall–Kier alpha value is -3.29. The first kappa shape index (κ1) is 17.5. The van der Waals surface area contributed by atoms with E-state index in [0.29, 0.717) is 17.0 Å². The maximum absolute atomic E-state index is 13.0. The van der Waals surface area contributed by atoms with Gasteiger partial charge in [0.1, 0.15) is 11.6 Å². The monoisotopic (exact) mass is 358 g/mol. The van der Waals surface area contributed by atoms with Crippen molar-refractivity contribution in [1.82, 2.24) is 19.7 Å². The number of nitrogens with one attached hydrogen (secondary N) is 1. The molecule has 1 heterocycles. The van der Waals surface area contributed by atoms with Crippen LogP contribution in [0, 0.1) is 11.6 Å². The van der Waals surface area contributed by atoms with Crippen molar-refractivity contribution in [2.75, 3.05) is 6.54 Å². The van der Waals surface area contributed by atoms with Gasteiger partial charge in [-0.1, -0.05) is 0 Å². The largest absolute Gasteiger partial charge is 0.350 e. The zero-order valence-electron chi connectivity index (χ0n) is 13.9. The highest BCUT2D eigenvalue weighted by Gasteiger charge is 2.12. The van der Waals surface area contributed by atoms with Crippen molar-refractivity contribution in [2.45, 2.75) is 6.54 Å². The topological polar surface area (TPSA) is 68.9 Å². The van der Waals surface area contributed by atoms with E-state index in [1.165, 1.54) is 57.8 Å². The van der Waals surface area contributed by atoms with Gasteiger partial charge in [-0.2, -0.15) is 0 Å². The highest BCUT2D eigenvalue weighted by Crippen LogP contribution is 2.15. The number of hydrogen-bond acceptors (Lipinski definition) is 3. The number of aromatic nitrogens is 3. The van der Waals surface area contributed by atoms with Crippen LogP contribution in [-0.2, 0) is 13.6 Å². The molecule has 0 saturated carbocycles. The molecule has 1 aromatic heterocycles. The number of halogens is 2. The van der Waals surface area contributed by atoms with Crippen molar-refractivity contribution in [3.05, 3.63) is 76.2 Å². The third-order valence-corrected chi connectivity index (χ3v) is 3.86. The molecular formula is C18H16F2N4O2. The lowest BCUT2D eigenvalue weighted by Gasteiger charge is -2.04. The van der Waals surface area contributed by atoms with Gasteiger partial charge in [-0.15, -0.1) is 5.10 Å². The molecule has 2 aromatic carbocycles. The van der Waals surface area contributed by atoms with Crippen molar-refractivity contribution >= 4 is 5.91 Å². The fourth-order valence-corrected chi connectivity index (χ4v) is 2.46. The minimum absolute atomic E-state index is 0.167. The molecule has 3 rings (SSSR count). The minimum Gasteiger partial charge on any atom is -0.350 e. The number of carbonyl (C=O) groups excluding carboxylic acids is 1. The van der Waals surface area contributed by atoms with E-state index in [1.54, 1.807) is 7.05 Å². The summed E-state index contributed by atoms with van der Waals surface area (Å²) in [4.78, 5) is 24.2. The second-order valence-electron chi connectivity index (χ2n) is 5.66. The highest BCUT2D eigenvalue weighted by atomic mass is 19.1. The number of hydrogen-bond donors (Lipinski definition) is 1. The third-order valence-electron chi connectivity index (χ3n) is 3.86. The van der Waals surface area contributed by atoms with E-state index in [0.717, 1.165) is 0 Å². The van der Waals surface area contributed by atoms with Gasteiger partial charge in [0.2, 0.25) is 0 Å². The Labute approximate surface area is 147 Å². The van der Waals surface area contributed by atoms with Crippen molar-refractivity contribution in [1.29, 1.82) is 0 Å². The quantitative estimate of drug-likeness (QED) is 0.758. The van der Waals surface area contributed by atoms with Crippen LogP contribution in [0.1, 0.15) is 10.4 Å². The standard InChI is InChI=1S/C18H16F2N4O2/c1-23-16(12-2-6-14(19)7-3-12)22-24(18(23)26)11-10-21-17(25)13-4-8-15(20)9-5-13/h2-9H,10-11H2,1H3,(H,21,25). The second kappa shape index (κ2) is 7.30. The SMILES string of the molecule is Cn1c(-c2ccc(F)cc2)nn(CCNC(=O)c2ccc(F)cc2)c1=O. The average Bonchev–Trinajstić information content (AvgIpc) is 2.91. The smallest absolute Gasteiger partial charge is 0.345 e. The lowest BCUT2D eigenvalue weighted by atomic mass is 10.2. The van der Waals surface area contributed by atoms with Gasteiger partial charge in [0.25, 0.3) is 5.91 Å². The van der Waals surface area contributed by atoms with E-state index in [1.807, 2.05) is 0 Å². The van der Waals surface area contributed by atoms with Crippen LogP contribution in [0.2, 0.25) is 0 Å². The van der Waals surface area contributed by atoms with Crippen molar-refractivity contribution in [2.24, 2.45) is 7.05 Å². The fourth-order valence-electron chi connectivity index (χ4n) is 2.46. The lowest BCUT2D eigenvalue weighted by Crippen LogP contribution is -2.31. The van der Waals surface area contributed by atoms with E-state index in [-0.39, 0.29) is 30.5 Å². The van der Waals surface area contributed by atoms with Crippen LogP contribution in [0.4, 0.5) is 8.78 Å². The second-order valence-corrected chi connectivity index (χ2v) is 5.66. The number of nitrogens with zero attached hydrogens (tertiary/aromatic N) is 3. The van der Waals surface area contributed by atoms with Crippen LogP contribution in [0.15, 0.2) is 53.3 Å².